The molecule has 0 aliphatic rings. The Kier molecular flexibility index (Phi) is 7.56. The van der Waals surface area contributed by atoms with Crippen LogP contribution in [0.5, 0.6) is 0 Å². The van der Waals surface area contributed by atoms with Crippen LogP contribution < -0.4 is 5.32 Å². The van der Waals surface area contributed by atoms with Crippen molar-refractivity contribution in [1.82, 2.24) is 10.2 Å². The number of hydrogen-bond donors (Lipinski definition) is 3. The summed E-state index contributed by atoms with van der Waals surface area (Å²) in [5, 5.41) is 20.0. The molecule has 0 radical (unpaired) electrons. The first kappa shape index (κ1) is 16.3. The second-order valence-corrected chi connectivity index (χ2v) is 4.11. The third-order valence-electron chi connectivity index (χ3n) is 2.36. The summed E-state index contributed by atoms with van der Waals surface area (Å²) in [6.07, 6.45) is 5.43. The lowest BCUT2D eigenvalue weighted by atomic mass is 10.2. The van der Waals surface area contributed by atoms with E-state index >= 15 is 0 Å². The van der Waals surface area contributed by atoms with Gasteiger partial charge in [-0.05, 0) is 20.3 Å². The molecule has 1 unspecified atom stereocenters. The van der Waals surface area contributed by atoms with E-state index in [1.807, 2.05) is 13.8 Å². The van der Waals surface area contributed by atoms with Crippen molar-refractivity contribution in [2.24, 2.45) is 0 Å². The number of nitrogens with one attached hydrogen (secondary N) is 1. The van der Waals surface area contributed by atoms with E-state index < -0.39 is 18.0 Å². The van der Waals surface area contributed by atoms with E-state index in [1.165, 1.54) is 4.90 Å². The quantitative estimate of drug-likeness (QED) is 0.570. The van der Waals surface area contributed by atoms with E-state index in [0.29, 0.717) is 13.0 Å². The van der Waals surface area contributed by atoms with Gasteiger partial charge in [-0.2, -0.15) is 0 Å². The zero-order valence-electron chi connectivity index (χ0n) is 10.7. The zero-order chi connectivity index (χ0) is 14.1. The molecule has 0 aromatic carbocycles. The average Bonchev–Trinajstić information content (AvgIpc) is 2.28. The maximum Gasteiger partial charge on any atom is 0.327 e. The van der Waals surface area contributed by atoms with Crippen molar-refractivity contribution in [3.8, 4) is 12.3 Å². The fraction of sp³-hybridized carbons (Fsp3) is 0.667. The number of carboxylic acid groups (broad SMARTS) is 1. The van der Waals surface area contributed by atoms with Crippen LogP contribution in [0.1, 0.15) is 26.7 Å². The number of aliphatic hydroxyl groups is 1. The Bertz CT molecular complexity index is 323. The molecule has 0 saturated carbocycles. The molecule has 0 saturated heterocycles. The van der Waals surface area contributed by atoms with Crippen molar-refractivity contribution >= 4 is 12.0 Å². The molecular formula is C12H20N2O4. The van der Waals surface area contributed by atoms with Crippen molar-refractivity contribution in [2.75, 3.05) is 13.2 Å². The number of amides is 2. The lowest BCUT2D eigenvalue weighted by Crippen LogP contribution is -2.50. The van der Waals surface area contributed by atoms with E-state index in [0.717, 1.165) is 0 Å². The molecule has 0 aliphatic carbocycles. The van der Waals surface area contributed by atoms with Crippen LogP contribution in [0.3, 0.4) is 0 Å². The highest BCUT2D eigenvalue weighted by atomic mass is 16.4. The Labute approximate surface area is 107 Å². The van der Waals surface area contributed by atoms with Crippen LogP contribution in [0.25, 0.3) is 0 Å². The molecule has 0 rings (SSSR count). The van der Waals surface area contributed by atoms with Crippen LogP contribution >= 0.6 is 0 Å². The first-order chi connectivity index (χ1) is 8.43. The highest BCUT2D eigenvalue weighted by molar-refractivity contribution is 5.82. The van der Waals surface area contributed by atoms with Crippen LogP contribution in [0.15, 0.2) is 0 Å². The Hall–Kier alpha value is -1.74. The number of nitrogens with zero attached hydrogens (tertiary/aromatic N) is 1. The molecule has 1 atom stereocenters. The maximum atomic E-state index is 11.9. The number of urea groups is 1. The molecule has 2 amide bonds. The van der Waals surface area contributed by atoms with Gasteiger partial charge in [0.25, 0.3) is 0 Å². The average molecular weight is 256 g/mol. The number of rotatable bonds is 7. The fourth-order valence-corrected chi connectivity index (χ4v) is 1.39. The second-order valence-electron chi connectivity index (χ2n) is 4.11. The number of hydrogen-bond acceptors (Lipinski definition) is 3. The number of aliphatic carboxylic acids is 1. The van der Waals surface area contributed by atoms with Crippen molar-refractivity contribution in [1.29, 1.82) is 0 Å². The van der Waals surface area contributed by atoms with Crippen molar-refractivity contribution in [2.45, 2.75) is 38.8 Å². The van der Waals surface area contributed by atoms with Crippen molar-refractivity contribution < 1.29 is 19.8 Å². The van der Waals surface area contributed by atoms with Crippen LogP contribution in [0, 0.1) is 12.3 Å². The van der Waals surface area contributed by atoms with Crippen LogP contribution in [0.4, 0.5) is 4.79 Å². The van der Waals surface area contributed by atoms with E-state index in [4.69, 9.17) is 16.6 Å². The van der Waals surface area contributed by atoms with Gasteiger partial charge in [0.15, 0.2) is 0 Å². The molecule has 6 nitrogen and oxygen atoms in total. The first-order valence-electron chi connectivity index (χ1n) is 5.78. The summed E-state index contributed by atoms with van der Waals surface area (Å²) in [5.74, 6) is 1.05. The van der Waals surface area contributed by atoms with E-state index in [1.54, 1.807) is 0 Å². The van der Waals surface area contributed by atoms with Crippen molar-refractivity contribution in [3.05, 3.63) is 0 Å². The molecule has 0 heterocycles. The second kappa shape index (κ2) is 8.37. The molecule has 0 aromatic rings. The Morgan fingerprint density at radius 1 is 1.44 bits per heavy atom. The molecule has 3 N–H and O–H groups in total. The molecule has 0 aromatic heterocycles. The van der Waals surface area contributed by atoms with Gasteiger partial charge in [0.1, 0.15) is 6.04 Å². The van der Waals surface area contributed by atoms with E-state index in [2.05, 4.69) is 11.2 Å². The van der Waals surface area contributed by atoms with Gasteiger partial charge in [0.2, 0.25) is 0 Å². The van der Waals surface area contributed by atoms with Gasteiger partial charge in [-0.3, -0.25) is 0 Å². The van der Waals surface area contributed by atoms with Crippen LogP contribution in [0.2, 0.25) is 0 Å². The topological polar surface area (TPSA) is 89.9 Å². The number of carboxylic acids is 1. The third kappa shape index (κ3) is 5.55. The highest BCUT2D eigenvalue weighted by Crippen LogP contribution is 2.02. The molecular weight excluding hydrogens is 236 g/mol. The SMILES string of the molecule is C#CCC(NC(=O)N(CCCO)C(C)C)C(=O)O. The minimum absolute atomic E-state index is 0.0246. The number of terminal acetylenes is 1. The van der Waals surface area contributed by atoms with Gasteiger partial charge in [0.05, 0.1) is 0 Å². The predicted molar refractivity (Wildman–Crippen MR) is 67.0 cm³/mol. The van der Waals surface area contributed by atoms with Gasteiger partial charge < -0.3 is 20.4 Å². The lowest BCUT2D eigenvalue weighted by molar-refractivity contribution is -0.139. The zero-order valence-corrected chi connectivity index (χ0v) is 10.7. The smallest absolute Gasteiger partial charge is 0.327 e. The summed E-state index contributed by atoms with van der Waals surface area (Å²) in [4.78, 5) is 24.2. The summed E-state index contributed by atoms with van der Waals surface area (Å²) >= 11 is 0. The molecule has 0 spiro atoms. The summed E-state index contributed by atoms with van der Waals surface area (Å²) in [7, 11) is 0. The third-order valence-corrected chi connectivity index (χ3v) is 2.36. The largest absolute Gasteiger partial charge is 0.480 e. The Morgan fingerprint density at radius 2 is 2.06 bits per heavy atom. The molecule has 102 valence electrons. The molecule has 6 heteroatoms. The van der Waals surface area contributed by atoms with Crippen LogP contribution in [-0.2, 0) is 4.79 Å². The number of aliphatic hydroxyl groups excluding tert-OH is 1. The molecule has 18 heavy (non-hydrogen) atoms. The summed E-state index contributed by atoms with van der Waals surface area (Å²) < 4.78 is 0. The summed E-state index contributed by atoms with van der Waals surface area (Å²) in [5.41, 5.74) is 0. The standard InChI is InChI=1S/C12H20N2O4/c1-4-6-10(11(16)17)13-12(18)14(9(2)3)7-5-8-15/h1,9-10,15H,5-8H2,2-3H3,(H,13,18)(H,16,17). The van der Waals surface area contributed by atoms with E-state index in [9.17, 15) is 9.59 Å². The van der Waals surface area contributed by atoms with Crippen LogP contribution in [-0.4, -0.2) is 52.3 Å². The van der Waals surface area contributed by atoms with Gasteiger partial charge in [-0.15, -0.1) is 12.3 Å². The summed E-state index contributed by atoms with van der Waals surface area (Å²) in [6, 6.07) is -1.66. The Morgan fingerprint density at radius 3 is 2.44 bits per heavy atom. The van der Waals surface area contributed by atoms with Crippen molar-refractivity contribution in [3.63, 3.8) is 0 Å². The molecule has 0 aliphatic heterocycles. The van der Waals surface area contributed by atoms with Gasteiger partial charge >= 0.3 is 12.0 Å². The Balaban J connectivity index is 4.57. The first-order valence-corrected chi connectivity index (χ1v) is 5.78. The highest BCUT2D eigenvalue weighted by Gasteiger charge is 2.23. The van der Waals surface area contributed by atoms with Gasteiger partial charge in [-0.25, -0.2) is 9.59 Å². The maximum absolute atomic E-state index is 11.9. The monoisotopic (exact) mass is 256 g/mol. The minimum Gasteiger partial charge on any atom is -0.480 e. The number of carbonyl (C=O) groups is 2. The molecule has 0 bridgehead atoms. The fourth-order valence-electron chi connectivity index (χ4n) is 1.39. The van der Waals surface area contributed by atoms with Gasteiger partial charge in [-0.1, -0.05) is 0 Å². The lowest BCUT2D eigenvalue weighted by Gasteiger charge is -2.28. The normalized spacial score (nSPS) is 11.7. The minimum atomic E-state index is -1.16. The van der Waals surface area contributed by atoms with E-state index in [-0.39, 0.29) is 19.1 Å². The summed E-state index contributed by atoms with van der Waals surface area (Å²) in [6.45, 7) is 3.97. The predicted octanol–water partition coefficient (Wildman–Crippen LogP) is 0.265. The van der Waals surface area contributed by atoms with Gasteiger partial charge in [0, 0.05) is 25.6 Å². The molecule has 0 fully saturated rings. The number of carbonyl (C=O) groups excluding carboxylic acids is 1.